The number of carbonyl (C=O) groups is 2. The number of benzene rings is 1. The smallest absolute Gasteiger partial charge is 0.303 e. The second-order valence-corrected chi connectivity index (χ2v) is 7.85. The van der Waals surface area contributed by atoms with E-state index in [2.05, 4.69) is 10.6 Å². The molecule has 27 heavy (non-hydrogen) atoms. The summed E-state index contributed by atoms with van der Waals surface area (Å²) in [6.45, 7) is 2.94. The molecule has 0 bridgehead atoms. The average Bonchev–Trinajstić information content (AvgIpc) is 2.67. The number of hydrogen-bond acceptors (Lipinski definition) is 5. The van der Waals surface area contributed by atoms with E-state index in [9.17, 15) is 14.7 Å². The second-order valence-electron chi connectivity index (χ2n) is 6.19. The van der Waals surface area contributed by atoms with Gasteiger partial charge in [-0.3, -0.25) is 9.59 Å². The number of amides is 1. The molecule has 0 saturated carbocycles. The van der Waals surface area contributed by atoms with E-state index in [1.54, 1.807) is 0 Å². The number of thioether (sulfide) groups is 1. The van der Waals surface area contributed by atoms with Crippen molar-refractivity contribution in [2.24, 2.45) is 0 Å². The zero-order valence-corrected chi connectivity index (χ0v) is 17.1. The van der Waals surface area contributed by atoms with Gasteiger partial charge in [-0.05, 0) is 31.0 Å². The van der Waals surface area contributed by atoms with E-state index in [0.717, 1.165) is 25.7 Å². The monoisotopic (exact) mass is 416 g/mol. The maximum atomic E-state index is 11.8. The van der Waals surface area contributed by atoms with Crippen LogP contribution in [0.4, 0.5) is 0 Å². The number of aromatic hydroxyl groups is 1. The molecule has 2 rings (SSSR count). The topological polar surface area (TPSA) is 98.7 Å². The Morgan fingerprint density at radius 1 is 1.11 bits per heavy atom. The lowest BCUT2D eigenvalue weighted by molar-refractivity contribution is -0.137. The summed E-state index contributed by atoms with van der Waals surface area (Å²) in [5.41, 5.74) is 0.170. The lowest BCUT2D eigenvalue weighted by Crippen LogP contribution is -2.24. The Balaban J connectivity index is 0.000000511. The largest absolute Gasteiger partial charge is 0.507 e. The van der Waals surface area contributed by atoms with Crippen LogP contribution in [0.3, 0.4) is 0 Å². The van der Waals surface area contributed by atoms with Gasteiger partial charge in [0.2, 0.25) is 0 Å². The molecule has 0 aliphatic carbocycles. The number of nitrogens with one attached hydrogen (secondary N) is 2. The Bertz CT molecular complexity index is 571. The highest BCUT2D eigenvalue weighted by Gasteiger charge is 2.10. The van der Waals surface area contributed by atoms with Gasteiger partial charge in [0.05, 0.1) is 5.56 Å². The molecule has 1 aliphatic rings. The molecule has 152 valence electrons. The number of unbranched alkanes of at least 4 members (excludes halogenated alkanes) is 4. The first-order valence-electron chi connectivity index (χ1n) is 9.27. The highest BCUT2D eigenvalue weighted by molar-refractivity contribution is 7.99. The van der Waals surface area contributed by atoms with Gasteiger partial charge in [0, 0.05) is 42.6 Å². The van der Waals surface area contributed by atoms with Crippen LogP contribution in [0.1, 0.15) is 48.9 Å². The standard InChI is InChI=1S/C15H20ClNO4.C4H9NS/c16-11-7-8-13(18)12(10-11)15(21)17-9-5-3-1-2-4-6-14(19)20;1-3-6-4-2-5-1/h7-8,10,18H,1-6,9H2,(H,17,21)(H,19,20);5H,1-4H2. The number of carbonyl (C=O) groups excluding carboxylic acids is 1. The summed E-state index contributed by atoms with van der Waals surface area (Å²) in [5.74, 6) is 1.41. The van der Waals surface area contributed by atoms with Gasteiger partial charge >= 0.3 is 5.97 Å². The molecule has 0 aromatic heterocycles. The van der Waals surface area contributed by atoms with E-state index in [-0.39, 0.29) is 23.6 Å². The molecule has 4 N–H and O–H groups in total. The Morgan fingerprint density at radius 3 is 2.37 bits per heavy atom. The minimum atomic E-state index is -0.761. The van der Waals surface area contributed by atoms with Gasteiger partial charge < -0.3 is 20.8 Å². The highest BCUT2D eigenvalue weighted by Crippen LogP contribution is 2.21. The van der Waals surface area contributed by atoms with Crippen molar-refractivity contribution in [3.63, 3.8) is 0 Å². The summed E-state index contributed by atoms with van der Waals surface area (Å²) in [6.07, 6.45) is 4.49. The lowest BCUT2D eigenvalue weighted by atomic mass is 10.1. The maximum absolute atomic E-state index is 11.8. The molecule has 0 spiro atoms. The first-order chi connectivity index (χ1) is 13.0. The average molecular weight is 417 g/mol. The number of rotatable bonds is 9. The third kappa shape index (κ3) is 11.8. The van der Waals surface area contributed by atoms with E-state index in [0.29, 0.717) is 18.0 Å². The number of carboxylic acids is 1. The van der Waals surface area contributed by atoms with Crippen molar-refractivity contribution in [2.45, 2.75) is 38.5 Å². The van der Waals surface area contributed by atoms with Crippen LogP contribution in [-0.2, 0) is 4.79 Å². The number of hydrogen-bond donors (Lipinski definition) is 4. The molecule has 1 aliphatic heterocycles. The van der Waals surface area contributed by atoms with E-state index < -0.39 is 5.97 Å². The van der Waals surface area contributed by atoms with Crippen LogP contribution in [0.15, 0.2) is 18.2 Å². The van der Waals surface area contributed by atoms with Crippen LogP contribution < -0.4 is 10.6 Å². The number of phenolic OH excluding ortho intramolecular Hbond substituents is 1. The third-order valence-corrected chi connectivity index (χ3v) is 5.12. The van der Waals surface area contributed by atoms with Gasteiger partial charge in [-0.1, -0.05) is 30.9 Å². The number of halogens is 1. The van der Waals surface area contributed by atoms with Gasteiger partial charge in [-0.25, -0.2) is 0 Å². The van der Waals surface area contributed by atoms with Crippen molar-refractivity contribution in [1.82, 2.24) is 10.6 Å². The Kier molecular flexibility index (Phi) is 12.8. The van der Waals surface area contributed by atoms with Crippen molar-refractivity contribution in [2.75, 3.05) is 31.1 Å². The van der Waals surface area contributed by atoms with E-state index in [1.807, 2.05) is 11.8 Å². The molecule has 0 atom stereocenters. The van der Waals surface area contributed by atoms with E-state index in [1.165, 1.54) is 42.8 Å². The summed E-state index contributed by atoms with van der Waals surface area (Å²) in [6, 6.07) is 4.34. The number of phenols is 1. The molecule has 1 heterocycles. The van der Waals surface area contributed by atoms with Crippen LogP contribution in [-0.4, -0.2) is 53.2 Å². The van der Waals surface area contributed by atoms with Crippen LogP contribution >= 0.6 is 23.4 Å². The minimum absolute atomic E-state index is 0.0921. The van der Waals surface area contributed by atoms with Gasteiger partial charge in [0.1, 0.15) is 5.75 Å². The van der Waals surface area contributed by atoms with Crippen molar-refractivity contribution < 1.29 is 19.8 Å². The third-order valence-electron chi connectivity index (χ3n) is 3.90. The quantitative estimate of drug-likeness (QED) is 0.460. The molecule has 1 aromatic carbocycles. The van der Waals surface area contributed by atoms with Crippen LogP contribution in [0.5, 0.6) is 5.75 Å². The molecular formula is C19H29ClN2O4S. The Morgan fingerprint density at radius 2 is 1.78 bits per heavy atom. The lowest BCUT2D eigenvalue weighted by Gasteiger charge is -2.08. The fraction of sp³-hybridized carbons (Fsp3) is 0.579. The molecule has 1 fully saturated rings. The summed E-state index contributed by atoms with van der Waals surface area (Å²) in [4.78, 5) is 22.2. The minimum Gasteiger partial charge on any atom is -0.507 e. The predicted octanol–water partition coefficient (Wildman–Crippen LogP) is 3.52. The predicted molar refractivity (Wildman–Crippen MR) is 111 cm³/mol. The normalized spacial score (nSPS) is 13.4. The second kappa shape index (κ2) is 14.6. The van der Waals surface area contributed by atoms with Gasteiger partial charge in [0.25, 0.3) is 5.91 Å². The summed E-state index contributed by atoms with van der Waals surface area (Å²) in [5, 5.41) is 24.5. The van der Waals surface area contributed by atoms with Gasteiger partial charge in [-0.15, -0.1) is 0 Å². The molecule has 0 radical (unpaired) electrons. The first kappa shape index (κ1) is 23.6. The fourth-order valence-electron chi connectivity index (χ4n) is 2.43. The highest BCUT2D eigenvalue weighted by atomic mass is 35.5. The molecule has 1 amide bonds. The molecule has 0 unspecified atom stereocenters. The number of aliphatic carboxylic acids is 1. The van der Waals surface area contributed by atoms with Crippen LogP contribution in [0.2, 0.25) is 5.02 Å². The van der Waals surface area contributed by atoms with Crippen LogP contribution in [0, 0.1) is 0 Å². The number of carboxylic acid groups (broad SMARTS) is 1. The van der Waals surface area contributed by atoms with Crippen molar-refractivity contribution in [3.05, 3.63) is 28.8 Å². The summed E-state index contributed by atoms with van der Waals surface area (Å²) >= 11 is 7.81. The maximum Gasteiger partial charge on any atom is 0.303 e. The van der Waals surface area contributed by atoms with Gasteiger partial charge in [0.15, 0.2) is 0 Å². The SMILES string of the molecule is C1CSCCN1.O=C(O)CCCCCCCNC(=O)c1cc(Cl)ccc1O. The Labute approximate surface area is 170 Å². The van der Waals surface area contributed by atoms with Crippen molar-refractivity contribution in [3.8, 4) is 5.75 Å². The molecule has 1 aromatic rings. The van der Waals surface area contributed by atoms with Crippen molar-refractivity contribution in [1.29, 1.82) is 0 Å². The van der Waals surface area contributed by atoms with E-state index >= 15 is 0 Å². The van der Waals surface area contributed by atoms with Crippen LogP contribution in [0.25, 0.3) is 0 Å². The fourth-order valence-corrected chi connectivity index (χ4v) is 3.39. The summed E-state index contributed by atoms with van der Waals surface area (Å²) in [7, 11) is 0. The first-order valence-corrected chi connectivity index (χ1v) is 10.8. The Hall–Kier alpha value is -1.44. The zero-order valence-electron chi connectivity index (χ0n) is 15.5. The van der Waals surface area contributed by atoms with E-state index in [4.69, 9.17) is 16.7 Å². The molecule has 8 heteroatoms. The molecule has 1 saturated heterocycles. The summed E-state index contributed by atoms with van der Waals surface area (Å²) < 4.78 is 0. The van der Waals surface area contributed by atoms with Gasteiger partial charge in [-0.2, -0.15) is 11.8 Å². The molecule has 6 nitrogen and oxygen atoms in total. The molecular weight excluding hydrogens is 388 g/mol. The zero-order chi connectivity index (χ0) is 19.9. The van der Waals surface area contributed by atoms with Crippen molar-refractivity contribution >= 4 is 35.2 Å².